The molecule has 0 aliphatic rings. The van der Waals surface area contributed by atoms with Gasteiger partial charge in [-0.1, -0.05) is 16.2 Å². The number of aromatic nitrogens is 3. The lowest BCUT2D eigenvalue weighted by molar-refractivity contribution is -0.124. The number of quaternary nitrogens is 1. The van der Waals surface area contributed by atoms with Gasteiger partial charge in [-0.15, -0.1) is 0 Å². The van der Waals surface area contributed by atoms with Gasteiger partial charge in [-0.25, -0.2) is 9.78 Å². The summed E-state index contributed by atoms with van der Waals surface area (Å²) >= 11 is 5.83. The quantitative estimate of drug-likeness (QED) is 0.526. The summed E-state index contributed by atoms with van der Waals surface area (Å²) in [6, 6.07) is 6.36. The zero-order chi connectivity index (χ0) is 17.1. The molecule has 0 saturated heterocycles. The first-order chi connectivity index (χ1) is 10.8. The maximum Gasteiger partial charge on any atom is 0.365 e. The number of hydrogen-bond acceptors (Lipinski definition) is 5. The SMILES string of the molecule is CC(C)(C)[N+](C=O)(NC(=O)c1ccc(Cl)cc1)c1ncncn1. The number of halogens is 1. The molecule has 0 aliphatic carbocycles. The van der Waals surface area contributed by atoms with Crippen LogP contribution in [0.5, 0.6) is 0 Å². The van der Waals surface area contributed by atoms with Crippen LogP contribution in [-0.4, -0.2) is 32.8 Å². The van der Waals surface area contributed by atoms with E-state index in [4.69, 9.17) is 11.6 Å². The number of amides is 2. The molecular formula is C15H17ClN5O2+. The van der Waals surface area contributed by atoms with E-state index in [1.807, 2.05) is 0 Å². The summed E-state index contributed by atoms with van der Waals surface area (Å²) in [6.07, 6.45) is 3.15. The molecule has 1 aromatic heterocycles. The second-order valence-electron chi connectivity index (χ2n) is 5.88. The Balaban J connectivity index is 2.45. The van der Waals surface area contributed by atoms with Crippen molar-refractivity contribution in [3.63, 3.8) is 0 Å². The Hall–Kier alpha value is -2.38. The van der Waals surface area contributed by atoms with Crippen molar-refractivity contribution in [1.82, 2.24) is 25.0 Å². The van der Waals surface area contributed by atoms with Crippen molar-refractivity contribution in [2.24, 2.45) is 0 Å². The van der Waals surface area contributed by atoms with Crippen molar-refractivity contribution in [1.29, 1.82) is 0 Å². The van der Waals surface area contributed by atoms with Gasteiger partial charge in [-0.2, -0.15) is 15.4 Å². The Kier molecular flexibility index (Phi) is 4.72. The van der Waals surface area contributed by atoms with E-state index in [0.29, 0.717) is 17.0 Å². The van der Waals surface area contributed by atoms with E-state index >= 15 is 0 Å². The Labute approximate surface area is 138 Å². The summed E-state index contributed by atoms with van der Waals surface area (Å²) < 4.78 is -0.572. The molecule has 1 unspecified atom stereocenters. The molecule has 2 aromatic rings. The topological polar surface area (TPSA) is 84.8 Å². The molecule has 0 aliphatic heterocycles. The minimum absolute atomic E-state index is 0.129. The van der Waals surface area contributed by atoms with Gasteiger partial charge in [0.1, 0.15) is 18.2 Å². The van der Waals surface area contributed by atoms with Gasteiger partial charge in [-0.05, 0) is 45.0 Å². The van der Waals surface area contributed by atoms with Crippen LogP contribution in [0.25, 0.3) is 0 Å². The lowest BCUT2D eigenvalue weighted by Gasteiger charge is -2.38. The standard InChI is InChI=1S/C15H16ClN5O2/c1-15(2,3)21(10-22,14-18-8-17-9-19-14)20-13(23)11-4-6-12(16)7-5-11/h4-10H,1-3H3/p+1. The van der Waals surface area contributed by atoms with Gasteiger partial charge in [0.25, 0.3) is 5.91 Å². The summed E-state index contributed by atoms with van der Waals surface area (Å²) in [7, 11) is 0. The first-order valence-electron chi connectivity index (χ1n) is 6.86. The Bertz CT molecular complexity index is 700. The summed E-state index contributed by atoms with van der Waals surface area (Å²) in [5.41, 5.74) is 2.36. The zero-order valence-corrected chi connectivity index (χ0v) is 13.8. The summed E-state index contributed by atoms with van der Waals surface area (Å²) in [5, 5.41) is 0.519. The average molecular weight is 335 g/mol. The van der Waals surface area contributed by atoms with Gasteiger partial charge in [0.15, 0.2) is 0 Å². The fraction of sp³-hybridized carbons (Fsp3) is 0.267. The van der Waals surface area contributed by atoms with Crippen molar-refractivity contribution in [3.8, 4) is 0 Å². The predicted molar refractivity (Wildman–Crippen MR) is 86.4 cm³/mol. The summed E-state index contributed by atoms with van der Waals surface area (Å²) in [6.45, 7) is 5.40. The number of carbonyl (C=O) groups is 2. The Morgan fingerprint density at radius 1 is 1.17 bits per heavy atom. The van der Waals surface area contributed by atoms with Crippen LogP contribution in [0.4, 0.5) is 5.95 Å². The molecule has 1 atom stereocenters. The fourth-order valence-electron chi connectivity index (χ4n) is 1.99. The van der Waals surface area contributed by atoms with Crippen molar-refractivity contribution in [3.05, 3.63) is 47.5 Å². The molecule has 7 nitrogen and oxygen atoms in total. The van der Waals surface area contributed by atoms with Crippen molar-refractivity contribution >= 4 is 29.9 Å². The molecule has 0 bridgehead atoms. The van der Waals surface area contributed by atoms with Crippen molar-refractivity contribution < 1.29 is 9.59 Å². The van der Waals surface area contributed by atoms with Gasteiger partial charge >= 0.3 is 12.4 Å². The molecule has 120 valence electrons. The highest BCUT2D eigenvalue weighted by Crippen LogP contribution is 2.25. The van der Waals surface area contributed by atoms with Crippen molar-refractivity contribution in [2.45, 2.75) is 26.3 Å². The van der Waals surface area contributed by atoms with Gasteiger partial charge in [-0.3, -0.25) is 4.79 Å². The number of nitrogens with zero attached hydrogens (tertiary/aromatic N) is 4. The number of rotatable bonds is 4. The van der Waals surface area contributed by atoms with Gasteiger partial charge in [0.05, 0.1) is 0 Å². The molecule has 1 aromatic carbocycles. The van der Waals surface area contributed by atoms with E-state index in [0.717, 1.165) is 0 Å². The van der Waals surface area contributed by atoms with E-state index in [-0.39, 0.29) is 5.95 Å². The molecule has 2 amide bonds. The first kappa shape index (κ1) is 17.0. The lowest BCUT2D eigenvalue weighted by Crippen LogP contribution is -2.70. The minimum atomic E-state index is -0.717. The summed E-state index contributed by atoms with van der Waals surface area (Å²) in [4.78, 5) is 36.3. The van der Waals surface area contributed by atoms with Crippen LogP contribution in [0, 0.1) is 0 Å². The lowest BCUT2D eigenvalue weighted by atomic mass is 10.1. The Morgan fingerprint density at radius 3 is 2.22 bits per heavy atom. The highest BCUT2D eigenvalue weighted by atomic mass is 35.5. The second-order valence-corrected chi connectivity index (χ2v) is 6.32. The zero-order valence-electron chi connectivity index (χ0n) is 13.0. The highest BCUT2D eigenvalue weighted by molar-refractivity contribution is 6.30. The largest absolute Gasteiger partial charge is 0.365 e. The van der Waals surface area contributed by atoms with E-state index in [1.54, 1.807) is 45.0 Å². The molecule has 0 fully saturated rings. The molecule has 0 saturated carbocycles. The second kappa shape index (κ2) is 6.39. The van der Waals surface area contributed by atoms with E-state index in [2.05, 4.69) is 20.4 Å². The Morgan fingerprint density at radius 2 is 1.74 bits per heavy atom. The van der Waals surface area contributed by atoms with E-state index in [9.17, 15) is 9.59 Å². The van der Waals surface area contributed by atoms with Crippen LogP contribution in [0.15, 0.2) is 36.9 Å². The molecule has 8 heteroatoms. The van der Waals surface area contributed by atoms with Gasteiger partial charge in [0, 0.05) is 10.6 Å². The van der Waals surface area contributed by atoms with Crippen LogP contribution in [-0.2, 0) is 4.79 Å². The normalized spacial score (nSPS) is 13.9. The third-order valence-electron chi connectivity index (χ3n) is 3.40. The first-order valence-corrected chi connectivity index (χ1v) is 7.24. The number of carbonyl (C=O) groups excluding carboxylic acids is 2. The van der Waals surface area contributed by atoms with Crippen LogP contribution >= 0.6 is 11.6 Å². The van der Waals surface area contributed by atoms with Crippen LogP contribution in [0.2, 0.25) is 5.02 Å². The maximum absolute atomic E-state index is 12.6. The highest BCUT2D eigenvalue weighted by Gasteiger charge is 2.48. The van der Waals surface area contributed by atoms with Gasteiger partial charge in [0.2, 0.25) is 0 Å². The minimum Gasteiger partial charge on any atom is -0.264 e. The number of nitrogens with one attached hydrogen (secondary N) is 1. The number of hydrogen-bond donors (Lipinski definition) is 1. The molecule has 0 radical (unpaired) electrons. The fourth-order valence-corrected chi connectivity index (χ4v) is 2.12. The smallest absolute Gasteiger partial charge is 0.264 e. The van der Waals surface area contributed by atoms with Gasteiger partial charge < -0.3 is 0 Å². The third-order valence-corrected chi connectivity index (χ3v) is 3.65. The van der Waals surface area contributed by atoms with Crippen LogP contribution < -0.4 is 10.0 Å². The van der Waals surface area contributed by atoms with Crippen molar-refractivity contribution in [2.75, 3.05) is 0 Å². The van der Waals surface area contributed by atoms with Crippen LogP contribution in [0.3, 0.4) is 0 Å². The monoisotopic (exact) mass is 334 g/mol. The predicted octanol–water partition coefficient (Wildman–Crippen LogP) is 2.13. The average Bonchev–Trinajstić information content (AvgIpc) is 2.52. The maximum atomic E-state index is 12.6. The van der Waals surface area contributed by atoms with E-state index in [1.165, 1.54) is 12.7 Å². The molecular weight excluding hydrogens is 318 g/mol. The third kappa shape index (κ3) is 3.35. The molecule has 2 rings (SSSR count). The molecule has 0 spiro atoms. The molecule has 23 heavy (non-hydrogen) atoms. The molecule has 1 N–H and O–H groups in total. The number of benzene rings is 1. The molecule has 1 heterocycles. The van der Waals surface area contributed by atoms with E-state index < -0.39 is 16.0 Å². The summed E-state index contributed by atoms with van der Waals surface area (Å²) in [5.74, 6) is -0.311. The van der Waals surface area contributed by atoms with Crippen LogP contribution in [0.1, 0.15) is 31.1 Å².